The van der Waals surface area contributed by atoms with Crippen molar-refractivity contribution in [2.75, 3.05) is 6.54 Å². The molecule has 2 rings (SSSR count). The van der Waals surface area contributed by atoms with Gasteiger partial charge in [-0.05, 0) is 44.2 Å². The normalized spacial score (nSPS) is 10.8. The monoisotopic (exact) mass is 334 g/mol. The fourth-order valence-electron chi connectivity index (χ4n) is 2.31. The van der Waals surface area contributed by atoms with Crippen molar-refractivity contribution in [1.29, 1.82) is 0 Å². The van der Waals surface area contributed by atoms with Gasteiger partial charge in [-0.15, -0.1) is 11.3 Å². The maximum absolute atomic E-state index is 11.7. The van der Waals surface area contributed by atoms with Gasteiger partial charge in [-0.3, -0.25) is 9.59 Å². The number of nitrogens with zero attached hydrogens (tertiary/aromatic N) is 1. The fraction of sp³-hybridized carbons (Fsp3) is 0.471. The number of fused-ring (bicyclic) bond motifs is 1. The molecule has 23 heavy (non-hydrogen) atoms. The maximum Gasteiger partial charge on any atom is 0.303 e. The van der Waals surface area contributed by atoms with E-state index in [1.807, 2.05) is 18.2 Å². The zero-order valence-electron chi connectivity index (χ0n) is 13.1. The van der Waals surface area contributed by atoms with Gasteiger partial charge >= 0.3 is 5.97 Å². The molecule has 0 unspecified atom stereocenters. The molecule has 1 aromatic carbocycles. The Labute approximate surface area is 139 Å². The highest BCUT2D eigenvalue weighted by atomic mass is 32.1. The number of hydrogen-bond donors (Lipinski definition) is 2. The molecule has 5 nitrogen and oxygen atoms in total. The minimum Gasteiger partial charge on any atom is -0.481 e. The van der Waals surface area contributed by atoms with Crippen molar-refractivity contribution in [3.05, 3.63) is 29.3 Å². The van der Waals surface area contributed by atoms with E-state index in [-0.39, 0.29) is 12.3 Å². The van der Waals surface area contributed by atoms with Crippen LogP contribution >= 0.6 is 11.3 Å². The lowest BCUT2D eigenvalue weighted by Crippen LogP contribution is -2.24. The summed E-state index contributed by atoms with van der Waals surface area (Å²) in [7, 11) is 0. The summed E-state index contributed by atoms with van der Waals surface area (Å²) in [5.74, 6) is -0.740. The van der Waals surface area contributed by atoms with E-state index < -0.39 is 5.97 Å². The van der Waals surface area contributed by atoms with Crippen LogP contribution in [-0.4, -0.2) is 28.5 Å². The predicted octanol–water partition coefficient (Wildman–Crippen LogP) is 3.38. The first-order valence-electron chi connectivity index (χ1n) is 7.98. The number of carboxylic acids is 1. The molecule has 1 amide bonds. The summed E-state index contributed by atoms with van der Waals surface area (Å²) in [5.41, 5.74) is 1.05. The number of benzene rings is 1. The van der Waals surface area contributed by atoms with Gasteiger partial charge in [0, 0.05) is 19.4 Å². The third-order valence-electron chi connectivity index (χ3n) is 3.52. The molecular formula is C17H22N2O3S. The Morgan fingerprint density at radius 2 is 1.87 bits per heavy atom. The number of nitrogens with one attached hydrogen (secondary N) is 1. The first kappa shape index (κ1) is 17.4. The van der Waals surface area contributed by atoms with E-state index in [0.29, 0.717) is 25.8 Å². The maximum atomic E-state index is 11.7. The Balaban J connectivity index is 1.56. The van der Waals surface area contributed by atoms with Crippen molar-refractivity contribution in [3.8, 4) is 0 Å². The molecule has 0 aliphatic carbocycles. The second kappa shape index (κ2) is 9.25. The largest absolute Gasteiger partial charge is 0.481 e. The number of aromatic nitrogens is 1. The molecule has 6 heteroatoms. The number of aliphatic carboxylic acids is 1. The molecule has 0 aliphatic heterocycles. The van der Waals surface area contributed by atoms with E-state index in [9.17, 15) is 9.59 Å². The molecule has 0 saturated heterocycles. The van der Waals surface area contributed by atoms with Gasteiger partial charge in [0.1, 0.15) is 0 Å². The van der Waals surface area contributed by atoms with Crippen LogP contribution in [0.3, 0.4) is 0 Å². The second-order valence-corrected chi connectivity index (χ2v) is 6.60. The lowest BCUT2D eigenvalue weighted by molar-refractivity contribution is -0.137. The lowest BCUT2D eigenvalue weighted by atomic mass is 10.2. The summed E-state index contributed by atoms with van der Waals surface area (Å²) in [6, 6.07) is 8.11. The molecule has 1 aromatic heterocycles. The number of carbonyl (C=O) groups is 2. The van der Waals surface area contributed by atoms with Crippen molar-refractivity contribution in [2.24, 2.45) is 0 Å². The topological polar surface area (TPSA) is 79.3 Å². The minimum atomic E-state index is -0.786. The van der Waals surface area contributed by atoms with Crippen LogP contribution in [0, 0.1) is 0 Å². The average Bonchev–Trinajstić information content (AvgIpc) is 2.93. The van der Waals surface area contributed by atoms with E-state index in [2.05, 4.69) is 16.4 Å². The summed E-state index contributed by atoms with van der Waals surface area (Å²) in [6.07, 6.45) is 4.70. The fourth-order valence-corrected chi connectivity index (χ4v) is 3.32. The molecular weight excluding hydrogens is 312 g/mol. The van der Waals surface area contributed by atoms with Crippen LogP contribution in [0.25, 0.3) is 10.2 Å². The van der Waals surface area contributed by atoms with E-state index in [1.54, 1.807) is 11.3 Å². The van der Waals surface area contributed by atoms with Gasteiger partial charge < -0.3 is 10.4 Å². The molecule has 124 valence electrons. The molecule has 2 aromatic rings. The smallest absolute Gasteiger partial charge is 0.303 e. The van der Waals surface area contributed by atoms with Gasteiger partial charge in [0.15, 0.2) is 0 Å². The number of unbranched alkanes of at least 4 members (excludes halogenated alkanes) is 2. The molecule has 0 saturated carbocycles. The van der Waals surface area contributed by atoms with Crippen molar-refractivity contribution >= 4 is 33.4 Å². The Bertz CT molecular complexity index is 621. The Hall–Kier alpha value is -1.95. The first-order chi connectivity index (χ1) is 11.1. The van der Waals surface area contributed by atoms with Crippen LogP contribution in [0.15, 0.2) is 24.3 Å². The zero-order valence-corrected chi connectivity index (χ0v) is 13.9. The summed E-state index contributed by atoms with van der Waals surface area (Å²) >= 11 is 1.72. The third-order valence-corrected chi connectivity index (χ3v) is 4.62. The molecule has 2 N–H and O–H groups in total. The van der Waals surface area contributed by atoms with E-state index in [1.165, 1.54) is 4.70 Å². The van der Waals surface area contributed by atoms with E-state index in [0.717, 1.165) is 29.8 Å². The average molecular weight is 334 g/mol. The Kier molecular flexibility index (Phi) is 7.00. The standard InChI is InChI=1S/C17H22N2O3S/c20-15(18-12-6-5-11-17(21)22)9-3-4-10-16-19-13-7-1-2-8-14(13)23-16/h1-2,7-8H,3-6,9-12H2,(H,18,20)(H,21,22). The number of amides is 1. The number of hydrogen-bond acceptors (Lipinski definition) is 4. The lowest BCUT2D eigenvalue weighted by Gasteiger charge is -2.04. The quantitative estimate of drug-likeness (QED) is 0.653. The molecule has 0 spiro atoms. The van der Waals surface area contributed by atoms with Crippen LogP contribution in [0.1, 0.15) is 43.5 Å². The number of para-hydroxylation sites is 1. The number of carbonyl (C=O) groups excluding carboxylic acids is 1. The molecule has 0 atom stereocenters. The van der Waals surface area contributed by atoms with Gasteiger partial charge in [-0.1, -0.05) is 12.1 Å². The molecule has 0 aliphatic rings. The van der Waals surface area contributed by atoms with Crippen LogP contribution < -0.4 is 5.32 Å². The predicted molar refractivity (Wildman–Crippen MR) is 91.7 cm³/mol. The zero-order chi connectivity index (χ0) is 16.5. The Morgan fingerprint density at radius 3 is 2.65 bits per heavy atom. The molecule has 0 fully saturated rings. The van der Waals surface area contributed by atoms with Gasteiger partial charge in [0.2, 0.25) is 5.91 Å². The molecule has 0 bridgehead atoms. The number of carboxylic acid groups (broad SMARTS) is 1. The van der Waals surface area contributed by atoms with Gasteiger partial charge in [0.25, 0.3) is 0 Å². The van der Waals surface area contributed by atoms with Crippen LogP contribution in [-0.2, 0) is 16.0 Å². The highest BCUT2D eigenvalue weighted by Gasteiger charge is 2.05. The molecule has 1 heterocycles. The van der Waals surface area contributed by atoms with Crippen molar-refractivity contribution in [1.82, 2.24) is 10.3 Å². The SMILES string of the molecule is O=C(O)CCCCNC(=O)CCCCc1nc2ccccc2s1. The molecule has 0 radical (unpaired) electrons. The van der Waals surface area contributed by atoms with Gasteiger partial charge in [0.05, 0.1) is 15.2 Å². The van der Waals surface area contributed by atoms with Crippen molar-refractivity contribution in [3.63, 3.8) is 0 Å². The minimum absolute atomic E-state index is 0.0459. The van der Waals surface area contributed by atoms with Crippen LogP contribution in [0.4, 0.5) is 0 Å². The number of thiazole rings is 1. The Morgan fingerprint density at radius 1 is 1.09 bits per heavy atom. The highest BCUT2D eigenvalue weighted by molar-refractivity contribution is 7.18. The van der Waals surface area contributed by atoms with Crippen molar-refractivity contribution in [2.45, 2.75) is 44.9 Å². The second-order valence-electron chi connectivity index (χ2n) is 5.48. The number of rotatable bonds is 10. The van der Waals surface area contributed by atoms with E-state index in [4.69, 9.17) is 5.11 Å². The summed E-state index contributed by atoms with van der Waals surface area (Å²) in [4.78, 5) is 26.6. The van der Waals surface area contributed by atoms with Crippen molar-refractivity contribution < 1.29 is 14.7 Å². The van der Waals surface area contributed by atoms with Gasteiger partial charge in [-0.25, -0.2) is 4.98 Å². The summed E-state index contributed by atoms with van der Waals surface area (Å²) < 4.78 is 1.21. The highest BCUT2D eigenvalue weighted by Crippen LogP contribution is 2.22. The van der Waals surface area contributed by atoms with Gasteiger partial charge in [-0.2, -0.15) is 0 Å². The first-order valence-corrected chi connectivity index (χ1v) is 8.80. The van der Waals surface area contributed by atoms with Crippen LogP contribution in [0.2, 0.25) is 0 Å². The van der Waals surface area contributed by atoms with Crippen LogP contribution in [0.5, 0.6) is 0 Å². The summed E-state index contributed by atoms with van der Waals surface area (Å²) in [6.45, 7) is 0.560. The van der Waals surface area contributed by atoms with E-state index >= 15 is 0 Å². The third kappa shape index (κ3) is 6.36. The summed E-state index contributed by atoms with van der Waals surface area (Å²) in [5, 5.41) is 12.5. The number of aryl methyl sites for hydroxylation is 1.